The van der Waals surface area contributed by atoms with Crippen LogP contribution < -0.4 is 0 Å². The number of carbonyl (C=O) groups is 1. The normalized spacial score (nSPS) is 26.3. The molecule has 1 atom stereocenters. The zero-order valence-electron chi connectivity index (χ0n) is 13.5. The Morgan fingerprint density at radius 2 is 2.27 bits per heavy atom. The number of H-pyrrole nitrogens is 1. The molecule has 1 unspecified atom stereocenters. The van der Waals surface area contributed by atoms with Crippen molar-refractivity contribution < 1.29 is 9.53 Å². The summed E-state index contributed by atoms with van der Waals surface area (Å²) in [5.41, 5.74) is 2.36. The summed E-state index contributed by atoms with van der Waals surface area (Å²) in [7, 11) is 0. The van der Waals surface area contributed by atoms with Crippen molar-refractivity contribution in [2.45, 2.75) is 57.5 Å². The van der Waals surface area contributed by atoms with Crippen LogP contribution in [0.5, 0.6) is 0 Å². The van der Waals surface area contributed by atoms with Crippen molar-refractivity contribution in [1.29, 1.82) is 0 Å². The molecule has 3 heterocycles. The van der Waals surface area contributed by atoms with E-state index in [-0.39, 0.29) is 11.5 Å². The number of amides is 1. The minimum absolute atomic E-state index is 0.00822. The minimum Gasteiger partial charge on any atom is -0.371 e. The summed E-state index contributed by atoms with van der Waals surface area (Å²) in [6, 6.07) is 0. The van der Waals surface area contributed by atoms with Crippen molar-refractivity contribution >= 4 is 5.91 Å². The van der Waals surface area contributed by atoms with Crippen molar-refractivity contribution in [3.8, 4) is 0 Å². The molecule has 0 radical (unpaired) electrons. The summed E-state index contributed by atoms with van der Waals surface area (Å²) >= 11 is 0. The molecular formula is C17H25N3O2. The first kappa shape index (κ1) is 14.2. The van der Waals surface area contributed by atoms with Gasteiger partial charge in [0.2, 0.25) is 5.91 Å². The van der Waals surface area contributed by atoms with E-state index in [9.17, 15) is 4.79 Å². The van der Waals surface area contributed by atoms with Gasteiger partial charge in [0.05, 0.1) is 18.8 Å². The number of aromatic nitrogens is 2. The Morgan fingerprint density at radius 1 is 1.45 bits per heavy atom. The van der Waals surface area contributed by atoms with Crippen molar-refractivity contribution in [3.05, 3.63) is 17.2 Å². The third kappa shape index (κ3) is 2.26. The number of nitrogens with zero attached hydrogens (tertiary/aromatic N) is 2. The number of fused-ring (bicyclic) bond motifs is 1. The molecule has 1 N–H and O–H groups in total. The van der Waals surface area contributed by atoms with Crippen LogP contribution in [0.4, 0.5) is 0 Å². The topological polar surface area (TPSA) is 58.2 Å². The zero-order chi connectivity index (χ0) is 15.3. The average molecular weight is 303 g/mol. The maximum absolute atomic E-state index is 12.7. The predicted molar refractivity (Wildman–Crippen MR) is 82.7 cm³/mol. The SMILES string of the molecule is CC(C)c1nc2c([nH]1)CC(C(=O)N1CC3(CCCO3)C1)CC2. The van der Waals surface area contributed by atoms with Crippen LogP contribution in [0.25, 0.3) is 0 Å². The van der Waals surface area contributed by atoms with Crippen molar-refractivity contribution in [2.75, 3.05) is 19.7 Å². The number of rotatable bonds is 2. The van der Waals surface area contributed by atoms with E-state index in [0.29, 0.717) is 11.8 Å². The standard InChI is InChI=1S/C17H25N3O2/c1-11(2)15-18-13-5-4-12(8-14(13)19-15)16(21)20-9-17(10-20)6-3-7-22-17/h11-12H,3-10H2,1-2H3,(H,18,19). The number of aryl methyl sites for hydroxylation is 1. The van der Waals surface area contributed by atoms with Gasteiger partial charge in [0, 0.05) is 30.6 Å². The number of nitrogens with one attached hydrogen (secondary N) is 1. The van der Waals surface area contributed by atoms with E-state index < -0.39 is 0 Å². The lowest BCUT2D eigenvalue weighted by atomic mass is 9.85. The van der Waals surface area contributed by atoms with Crippen molar-refractivity contribution in [1.82, 2.24) is 14.9 Å². The predicted octanol–water partition coefficient (Wildman–Crippen LogP) is 2.03. The molecule has 2 saturated heterocycles. The van der Waals surface area contributed by atoms with Gasteiger partial charge in [0.1, 0.15) is 11.4 Å². The third-order valence-corrected chi connectivity index (χ3v) is 5.41. The Kier molecular flexibility index (Phi) is 3.29. The van der Waals surface area contributed by atoms with Crippen molar-refractivity contribution in [2.24, 2.45) is 5.92 Å². The lowest BCUT2D eigenvalue weighted by Gasteiger charge is -2.48. The number of hydrogen-bond acceptors (Lipinski definition) is 3. The number of imidazole rings is 1. The summed E-state index contributed by atoms with van der Waals surface area (Å²) in [4.78, 5) is 22.8. The molecule has 1 amide bonds. The molecule has 1 aliphatic carbocycles. The first-order valence-electron chi connectivity index (χ1n) is 8.57. The fraction of sp³-hybridized carbons (Fsp3) is 0.765. The van der Waals surface area contributed by atoms with Gasteiger partial charge in [0.25, 0.3) is 0 Å². The molecule has 0 aromatic carbocycles. The largest absolute Gasteiger partial charge is 0.371 e. The Morgan fingerprint density at radius 3 is 2.95 bits per heavy atom. The number of hydrogen-bond donors (Lipinski definition) is 1. The molecule has 1 aromatic heterocycles. The molecule has 22 heavy (non-hydrogen) atoms. The molecule has 1 spiro atoms. The van der Waals surface area contributed by atoms with E-state index in [1.54, 1.807) is 0 Å². The summed E-state index contributed by atoms with van der Waals surface area (Å²) in [6.07, 6.45) is 4.92. The molecule has 4 rings (SSSR count). The molecule has 0 bridgehead atoms. The van der Waals surface area contributed by atoms with Crippen molar-refractivity contribution in [3.63, 3.8) is 0 Å². The molecule has 5 nitrogen and oxygen atoms in total. The summed E-state index contributed by atoms with van der Waals surface area (Å²) in [5, 5.41) is 0. The zero-order valence-corrected chi connectivity index (χ0v) is 13.5. The van der Waals surface area contributed by atoms with E-state index in [1.807, 2.05) is 4.90 Å². The first-order chi connectivity index (χ1) is 10.6. The Labute approximate surface area is 131 Å². The van der Waals surface area contributed by atoms with E-state index in [2.05, 4.69) is 23.8 Å². The van der Waals surface area contributed by atoms with Crippen LogP contribution >= 0.6 is 0 Å². The summed E-state index contributed by atoms with van der Waals surface area (Å²) in [5.74, 6) is 1.90. The highest BCUT2D eigenvalue weighted by Gasteiger charge is 2.49. The van der Waals surface area contributed by atoms with Crippen LogP contribution in [0.1, 0.15) is 56.2 Å². The molecule has 2 aliphatic heterocycles. The number of aromatic amines is 1. The minimum atomic E-state index is 0.00822. The number of likely N-dealkylation sites (tertiary alicyclic amines) is 1. The van der Waals surface area contributed by atoms with Crippen LogP contribution in [0, 0.1) is 5.92 Å². The Hall–Kier alpha value is -1.36. The van der Waals surface area contributed by atoms with Crippen LogP contribution in [-0.2, 0) is 22.4 Å². The van der Waals surface area contributed by atoms with Crippen LogP contribution in [0.15, 0.2) is 0 Å². The summed E-state index contributed by atoms with van der Waals surface area (Å²) in [6.45, 7) is 6.76. The maximum atomic E-state index is 12.7. The molecule has 0 saturated carbocycles. The second-order valence-electron chi connectivity index (χ2n) is 7.47. The molecule has 3 aliphatic rings. The van der Waals surface area contributed by atoms with Crippen LogP contribution in [0.3, 0.4) is 0 Å². The van der Waals surface area contributed by atoms with Gasteiger partial charge in [-0.1, -0.05) is 13.8 Å². The molecule has 120 valence electrons. The monoisotopic (exact) mass is 303 g/mol. The lowest BCUT2D eigenvalue weighted by Crippen LogP contribution is -2.64. The summed E-state index contributed by atoms with van der Waals surface area (Å²) < 4.78 is 5.82. The Balaban J connectivity index is 1.41. The molecular weight excluding hydrogens is 278 g/mol. The van der Waals surface area contributed by atoms with E-state index >= 15 is 0 Å². The highest BCUT2D eigenvalue weighted by molar-refractivity contribution is 5.80. The second-order valence-corrected chi connectivity index (χ2v) is 7.47. The Bertz CT molecular complexity index is 579. The van der Waals surface area contributed by atoms with Gasteiger partial charge >= 0.3 is 0 Å². The number of ether oxygens (including phenoxy) is 1. The smallest absolute Gasteiger partial charge is 0.226 e. The van der Waals surface area contributed by atoms with Crippen LogP contribution in [0.2, 0.25) is 0 Å². The fourth-order valence-corrected chi connectivity index (χ4v) is 4.05. The van der Waals surface area contributed by atoms with E-state index in [0.717, 1.165) is 57.6 Å². The highest BCUT2D eigenvalue weighted by atomic mass is 16.5. The van der Waals surface area contributed by atoms with Gasteiger partial charge in [-0.15, -0.1) is 0 Å². The van der Waals surface area contributed by atoms with Crippen LogP contribution in [-0.4, -0.2) is 46.1 Å². The lowest BCUT2D eigenvalue weighted by molar-refractivity contribution is -0.162. The third-order valence-electron chi connectivity index (χ3n) is 5.41. The van der Waals surface area contributed by atoms with Gasteiger partial charge in [-0.3, -0.25) is 4.79 Å². The quantitative estimate of drug-likeness (QED) is 0.909. The highest BCUT2D eigenvalue weighted by Crippen LogP contribution is 2.37. The maximum Gasteiger partial charge on any atom is 0.226 e. The van der Waals surface area contributed by atoms with Gasteiger partial charge in [0.15, 0.2) is 0 Å². The number of carbonyl (C=O) groups excluding carboxylic acids is 1. The van der Waals surface area contributed by atoms with Gasteiger partial charge in [-0.25, -0.2) is 4.98 Å². The van der Waals surface area contributed by atoms with E-state index in [1.165, 1.54) is 11.4 Å². The average Bonchev–Trinajstić information content (AvgIpc) is 3.10. The first-order valence-corrected chi connectivity index (χ1v) is 8.57. The van der Waals surface area contributed by atoms with Gasteiger partial charge in [-0.05, 0) is 25.7 Å². The fourth-order valence-electron chi connectivity index (χ4n) is 4.05. The van der Waals surface area contributed by atoms with Gasteiger partial charge in [-0.2, -0.15) is 0 Å². The molecule has 1 aromatic rings. The second kappa shape index (κ2) is 5.08. The van der Waals surface area contributed by atoms with E-state index in [4.69, 9.17) is 4.74 Å². The van der Waals surface area contributed by atoms with Gasteiger partial charge < -0.3 is 14.6 Å². The molecule has 2 fully saturated rings. The molecule has 5 heteroatoms.